The number of H-pyrrole nitrogens is 1. The number of amides is 1. The number of carbonyl (C=O) groups excluding carboxylic acids is 1. The van der Waals surface area contributed by atoms with Gasteiger partial charge >= 0.3 is 58.1 Å². The molecule has 0 aromatic carbocycles. The molecular formula is C3H4N4OSe. The molecule has 1 heterocycles. The molecule has 0 bridgehead atoms. The van der Waals surface area contributed by atoms with Crippen LogP contribution in [-0.2, 0) is 0 Å². The van der Waals surface area contributed by atoms with E-state index in [0.29, 0.717) is 4.59 Å². The van der Waals surface area contributed by atoms with Crippen molar-refractivity contribution in [3.8, 4) is 0 Å². The Balaban J connectivity index is 3.08. The topological polar surface area (TPSA) is 84.7 Å². The number of hydrogen-bond acceptors (Lipinski definition) is 3. The summed E-state index contributed by atoms with van der Waals surface area (Å²) < 4.78 is 0.537. The number of nitrogens with one attached hydrogen (secondary N) is 1. The molecule has 0 radical (unpaired) electrons. The average molecular weight is 191 g/mol. The Labute approximate surface area is 58.8 Å². The number of rotatable bonds is 1. The van der Waals surface area contributed by atoms with E-state index in [1.54, 1.807) is 0 Å². The second-order valence-electron chi connectivity index (χ2n) is 1.37. The standard InChI is InChI=1S/C3H4N4OSe/c4-2(8)1-3(9)6-7-5-1/h(H2,4,8)(H2,5,6,7,9). The van der Waals surface area contributed by atoms with Gasteiger partial charge in [-0.3, -0.25) is 0 Å². The monoisotopic (exact) mass is 192 g/mol. The van der Waals surface area contributed by atoms with Gasteiger partial charge in [-0.25, -0.2) is 0 Å². The van der Waals surface area contributed by atoms with Gasteiger partial charge in [-0.05, 0) is 0 Å². The molecule has 0 fully saturated rings. The molecule has 0 aliphatic heterocycles. The molecule has 0 atom stereocenters. The number of aromatic amines is 1. The summed E-state index contributed by atoms with van der Waals surface area (Å²) in [6, 6.07) is 0. The van der Waals surface area contributed by atoms with Crippen molar-refractivity contribution in [3.63, 3.8) is 0 Å². The molecule has 6 heteroatoms. The summed E-state index contributed by atoms with van der Waals surface area (Å²) in [5.41, 5.74) is 5.06. The van der Waals surface area contributed by atoms with Gasteiger partial charge in [0.05, 0.1) is 0 Å². The molecule has 1 aromatic rings. The zero-order valence-electron chi connectivity index (χ0n) is 4.33. The Morgan fingerprint density at radius 2 is 2.44 bits per heavy atom. The first-order chi connectivity index (χ1) is 4.22. The maximum absolute atomic E-state index is 10.4. The van der Waals surface area contributed by atoms with Crippen molar-refractivity contribution >= 4 is 26.5 Å². The molecule has 0 saturated carbocycles. The maximum atomic E-state index is 10.4. The number of hydrogen-bond donors (Lipinski definition) is 2. The summed E-state index contributed by atoms with van der Waals surface area (Å²) in [4.78, 5) is 10.4. The van der Waals surface area contributed by atoms with E-state index in [1.807, 2.05) is 0 Å². The molecule has 1 amide bonds. The summed E-state index contributed by atoms with van der Waals surface area (Å²) in [6.45, 7) is 0. The first-order valence-electron chi connectivity index (χ1n) is 2.11. The Hall–Kier alpha value is -0.871. The van der Waals surface area contributed by atoms with Gasteiger partial charge in [0, 0.05) is 0 Å². The van der Waals surface area contributed by atoms with Crippen molar-refractivity contribution in [2.24, 2.45) is 5.73 Å². The molecule has 1 aromatic heterocycles. The summed E-state index contributed by atoms with van der Waals surface area (Å²) in [5, 5.41) is 9.23. The zero-order valence-corrected chi connectivity index (χ0v) is 6.20. The molecule has 9 heavy (non-hydrogen) atoms. The van der Waals surface area contributed by atoms with Gasteiger partial charge in [0.2, 0.25) is 0 Å². The zero-order chi connectivity index (χ0) is 6.85. The molecule has 5 nitrogen and oxygen atoms in total. The Kier molecular flexibility index (Phi) is 1.50. The first kappa shape index (κ1) is 6.25. The Morgan fingerprint density at radius 3 is 2.67 bits per heavy atom. The predicted molar refractivity (Wildman–Crippen MR) is 31.7 cm³/mol. The second-order valence-corrected chi connectivity index (χ2v) is 2.31. The number of nitrogens with zero attached hydrogens (tertiary/aromatic N) is 2. The van der Waals surface area contributed by atoms with E-state index in [1.165, 1.54) is 0 Å². The fourth-order valence-electron chi connectivity index (χ4n) is 0.389. The summed E-state index contributed by atoms with van der Waals surface area (Å²) in [7, 11) is 0. The fraction of sp³-hybridized carbons (Fsp3) is 0. The molecule has 0 aliphatic carbocycles. The van der Waals surface area contributed by atoms with E-state index in [0.717, 1.165) is 0 Å². The summed E-state index contributed by atoms with van der Waals surface area (Å²) >= 11 is 2.12. The van der Waals surface area contributed by atoms with Gasteiger partial charge in [0.25, 0.3) is 0 Å². The number of carbonyl (C=O) groups is 1. The van der Waals surface area contributed by atoms with Crippen LogP contribution in [0.25, 0.3) is 0 Å². The number of nitrogens with two attached hydrogens (primary N) is 1. The Morgan fingerprint density at radius 1 is 1.78 bits per heavy atom. The van der Waals surface area contributed by atoms with Crippen LogP contribution in [0.4, 0.5) is 0 Å². The fourth-order valence-corrected chi connectivity index (χ4v) is 0.808. The molecule has 3 N–H and O–H groups in total. The van der Waals surface area contributed by atoms with Gasteiger partial charge < -0.3 is 0 Å². The minimum atomic E-state index is -0.570. The van der Waals surface area contributed by atoms with Crippen molar-refractivity contribution in [1.29, 1.82) is 0 Å². The average Bonchev–Trinajstić information content (AvgIpc) is 2.13. The van der Waals surface area contributed by atoms with E-state index in [4.69, 9.17) is 5.73 Å². The van der Waals surface area contributed by atoms with Crippen LogP contribution >= 0.6 is 0 Å². The number of primary amides is 1. The minimum absolute atomic E-state index is 0.176. The van der Waals surface area contributed by atoms with Crippen LogP contribution in [0.5, 0.6) is 0 Å². The van der Waals surface area contributed by atoms with E-state index >= 15 is 0 Å². The van der Waals surface area contributed by atoms with Crippen molar-refractivity contribution in [2.45, 2.75) is 0 Å². The number of aromatic nitrogens is 3. The van der Waals surface area contributed by atoms with Crippen molar-refractivity contribution in [3.05, 3.63) is 5.69 Å². The van der Waals surface area contributed by atoms with Crippen molar-refractivity contribution in [2.75, 3.05) is 0 Å². The van der Waals surface area contributed by atoms with E-state index in [2.05, 4.69) is 31.4 Å². The summed E-state index contributed by atoms with van der Waals surface area (Å²) in [5.74, 6) is -0.570. The third kappa shape index (κ3) is 1.09. The summed E-state index contributed by atoms with van der Waals surface area (Å²) in [6.07, 6.45) is 0. The van der Waals surface area contributed by atoms with E-state index < -0.39 is 5.91 Å². The molecule has 0 unspecified atom stereocenters. The third-order valence-corrected chi connectivity index (χ3v) is 1.42. The van der Waals surface area contributed by atoms with Gasteiger partial charge in [0.1, 0.15) is 0 Å². The van der Waals surface area contributed by atoms with E-state index in [-0.39, 0.29) is 5.69 Å². The van der Waals surface area contributed by atoms with Crippen LogP contribution in [0.1, 0.15) is 10.5 Å². The molecule has 0 spiro atoms. The second kappa shape index (κ2) is 2.16. The van der Waals surface area contributed by atoms with Crippen LogP contribution in [0.2, 0.25) is 0 Å². The quantitative estimate of drug-likeness (QED) is 0.478. The van der Waals surface area contributed by atoms with Crippen LogP contribution in [0.15, 0.2) is 0 Å². The third-order valence-electron chi connectivity index (χ3n) is 0.764. The van der Waals surface area contributed by atoms with Crippen molar-refractivity contribution in [1.82, 2.24) is 15.4 Å². The first-order valence-corrected chi connectivity index (χ1v) is 3.05. The van der Waals surface area contributed by atoms with Crippen LogP contribution in [0, 0.1) is 0 Å². The Bertz CT molecular complexity index is 231. The van der Waals surface area contributed by atoms with Crippen molar-refractivity contribution < 1.29 is 4.79 Å². The van der Waals surface area contributed by atoms with Gasteiger partial charge in [-0.1, -0.05) is 0 Å². The van der Waals surface area contributed by atoms with Crippen LogP contribution in [0.3, 0.4) is 0 Å². The molecule has 0 saturated heterocycles. The van der Waals surface area contributed by atoms with Gasteiger partial charge in [-0.15, -0.1) is 0 Å². The van der Waals surface area contributed by atoms with Crippen LogP contribution in [-0.4, -0.2) is 37.3 Å². The van der Waals surface area contributed by atoms with Gasteiger partial charge in [-0.2, -0.15) is 0 Å². The van der Waals surface area contributed by atoms with Crippen LogP contribution < -0.4 is 10.3 Å². The molecule has 48 valence electrons. The van der Waals surface area contributed by atoms with E-state index in [9.17, 15) is 4.79 Å². The SMILES string of the molecule is NC(=O)c1nn[nH]c1[SeH]. The molecular weight excluding hydrogens is 187 g/mol. The molecule has 1 rings (SSSR count). The molecule has 0 aliphatic rings. The van der Waals surface area contributed by atoms with Gasteiger partial charge in [0.15, 0.2) is 0 Å². The normalized spacial score (nSPS) is 9.44. The predicted octanol–water partition coefficient (Wildman–Crippen LogP) is -2.57.